The van der Waals surface area contributed by atoms with Crippen molar-refractivity contribution in [2.45, 2.75) is 0 Å². The van der Waals surface area contributed by atoms with Crippen LogP contribution in [0.5, 0.6) is 23.1 Å². The van der Waals surface area contributed by atoms with Gasteiger partial charge < -0.3 is 9.47 Å². The maximum Gasteiger partial charge on any atom is 0.225 e. The van der Waals surface area contributed by atoms with Crippen molar-refractivity contribution in [3.05, 3.63) is 72.9 Å². The van der Waals surface area contributed by atoms with Crippen LogP contribution in [0, 0.1) is 5.95 Å². The quantitative estimate of drug-likeness (QED) is 0.673. The second kappa shape index (κ2) is 6.00. The van der Waals surface area contributed by atoms with Crippen LogP contribution < -0.4 is 9.47 Å². The molecule has 0 radical (unpaired) electrons. The number of nitrogens with zero attached hydrogens (tertiary/aromatic N) is 2. The Morgan fingerprint density at radius 3 is 2.00 bits per heavy atom. The Kier molecular flexibility index (Phi) is 3.73. The summed E-state index contributed by atoms with van der Waals surface area (Å²) < 4.78 is 24.0. The lowest BCUT2D eigenvalue weighted by molar-refractivity contribution is 0.446. The van der Waals surface area contributed by atoms with E-state index in [1.165, 1.54) is 0 Å². The number of aromatic nitrogens is 2. The van der Waals surface area contributed by atoms with Crippen LogP contribution in [0.2, 0.25) is 0 Å². The average molecular weight is 282 g/mol. The third kappa shape index (κ3) is 3.54. The zero-order chi connectivity index (χ0) is 14.5. The summed E-state index contributed by atoms with van der Waals surface area (Å²) in [4.78, 5) is 7.19. The number of hydrogen-bond acceptors (Lipinski definition) is 4. The van der Waals surface area contributed by atoms with E-state index in [0.717, 1.165) is 18.1 Å². The first-order valence-electron chi connectivity index (χ1n) is 6.28. The fourth-order valence-corrected chi connectivity index (χ4v) is 1.69. The molecule has 0 saturated carbocycles. The Morgan fingerprint density at radius 2 is 1.33 bits per heavy atom. The van der Waals surface area contributed by atoms with E-state index in [0.29, 0.717) is 11.5 Å². The van der Waals surface area contributed by atoms with Crippen molar-refractivity contribution in [1.82, 2.24) is 9.97 Å². The highest BCUT2D eigenvalue weighted by Gasteiger charge is 2.02. The van der Waals surface area contributed by atoms with Gasteiger partial charge in [0.1, 0.15) is 23.6 Å². The van der Waals surface area contributed by atoms with Gasteiger partial charge in [-0.1, -0.05) is 18.2 Å². The molecular weight excluding hydrogens is 271 g/mol. The van der Waals surface area contributed by atoms with Gasteiger partial charge in [0.25, 0.3) is 0 Å². The molecule has 0 aliphatic rings. The van der Waals surface area contributed by atoms with Crippen molar-refractivity contribution < 1.29 is 13.9 Å². The summed E-state index contributed by atoms with van der Waals surface area (Å²) in [6, 6.07) is 17.5. The molecule has 0 unspecified atom stereocenters. The third-order valence-corrected chi connectivity index (χ3v) is 2.63. The van der Waals surface area contributed by atoms with E-state index in [1.54, 1.807) is 24.3 Å². The van der Waals surface area contributed by atoms with Gasteiger partial charge in [0.15, 0.2) is 0 Å². The minimum atomic E-state index is -0.635. The van der Waals surface area contributed by atoms with Crippen LogP contribution in [0.15, 0.2) is 67.0 Å². The summed E-state index contributed by atoms with van der Waals surface area (Å²) >= 11 is 0. The van der Waals surface area contributed by atoms with Gasteiger partial charge in [-0.3, -0.25) is 0 Å². The second-order valence-electron chi connectivity index (χ2n) is 4.17. The monoisotopic (exact) mass is 282 g/mol. The topological polar surface area (TPSA) is 44.2 Å². The van der Waals surface area contributed by atoms with E-state index < -0.39 is 5.95 Å². The van der Waals surface area contributed by atoms with Gasteiger partial charge in [0.05, 0.1) is 6.07 Å². The lowest BCUT2D eigenvalue weighted by atomic mass is 10.3. The SMILES string of the molecule is Fc1cc(Oc2ccc(Oc3ccccc3)cc2)ncn1. The molecule has 0 saturated heterocycles. The first-order chi connectivity index (χ1) is 10.3. The molecule has 0 amide bonds. The normalized spacial score (nSPS) is 10.1. The molecule has 0 fully saturated rings. The van der Waals surface area contributed by atoms with Crippen LogP contribution >= 0.6 is 0 Å². The summed E-state index contributed by atoms with van der Waals surface area (Å²) in [5.74, 6) is 1.49. The lowest BCUT2D eigenvalue weighted by Gasteiger charge is -2.07. The molecule has 1 heterocycles. The molecule has 2 aromatic carbocycles. The zero-order valence-electron chi connectivity index (χ0n) is 10.9. The molecule has 104 valence electrons. The molecule has 5 heteroatoms. The molecule has 1 aromatic heterocycles. The van der Waals surface area contributed by atoms with Crippen LogP contribution in [-0.4, -0.2) is 9.97 Å². The number of ether oxygens (including phenoxy) is 2. The molecule has 3 aromatic rings. The minimum Gasteiger partial charge on any atom is -0.457 e. The lowest BCUT2D eigenvalue weighted by Crippen LogP contribution is -1.91. The molecular formula is C16H11FN2O2. The Bertz CT molecular complexity index is 718. The molecule has 0 N–H and O–H groups in total. The fourth-order valence-electron chi connectivity index (χ4n) is 1.69. The Labute approximate surface area is 120 Å². The number of para-hydroxylation sites is 1. The third-order valence-electron chi connectivity index (χ3n) is 2.63. The zero-order valence-corrected chi connectivity index (χ0v) is 10.9. The van der Waals surface area contributed by atoms with E-state index in [-0.39, 0.29) is 5.88 Å². The second-order valence-corrected chi connectivity index (χ2v) is 4.17. The summed E-state index contributed by atoms with van der Waals surface area (Å²) in [6.07, 6.45) is 1.11. The number of rotatable bonds is 4. The van der Waals surface area contributed by atoms with Crippen molar-refractivity contribution >= 4 is 0 Å². The highest BCUT2D eigenvalue weighted by Crippen LogP contribution is 2.25. The molecule has 0 spiro atoms. The summed E-state index contributed by atoms with van der Waals surface area (Å²) in [5, 5.41) is 0. The van der Waals surface area contributed by atoms with Gasteiger partial charge in [-0.15, -0.1) is 0 Å². The first kappa shape index (κ1) is 13.1. The molecule has 0 bridgehead atoms. The number of halogens is 1. The van der Waals surface area contributed by atoms with Crippen LogP contribution in [0.1, 0.15) is 0 Å². The molecule has 0 atom stereocenters. The standard InChI is InChI=1S/C16H11FN2O2/c17-15-10-16(19-11-18-15)21-14-8-6-13(7-9-14)20-12-4-2-1-3-5-12/h1-11H. The van der Waals surface area contributed by atoms with E-state index in [1.807, 2.05) is 30.3 Å². The molecule has 21 heavy (non-hydrogen) atoms. The predicted molar refractivity (Wildman–Crippen MR) is 75.0 cm³/mol. The molecule has 4 nitrogen and oxygen atoms in total. The largest absolute Gasteiger partial charge is 0.457 e. The highest BCUT2D eigenvalue weighted by molar-refractivity contribution is 5.36. The summed E-state index contributed by atoms with van der Waals surface area (Å²) in [5.41, 5.74) is 0. The number of benzene rings is 2. The van der Waals surface area contributed by atoms with Gasteiger partial charge in [0, 0.05) is 0 Å². The van der Waals surface area contributed by atoms with Crippen LogP contribution in [-0.2, 0) is 0 Å². The van der Waals surface area contributed by atoms with E-state index in [9.17, 15) is 4.39 Å². The van der Waals surface area contributed by atoms with Crippen LogP contribution in [0.4, 0.5) is 4.39 Å². The van der Waals surface area contributed by atoms with Crippen molar-refractivity contribution in [1.29, 1.82) is 0 Å². The van der Waals surface area contributed by atoms with Gasteiger partial charge >= 0.3 is 0 Å². The Balaban J connectivity index is 1.69. The van der Waals surface area contributed by atoms with Gasteiger partial charge in [-0.05, 0) is 36.4 Å². The molecule has 0 aliphatic heterocycles. The Hall–Kier alpha value is -2.95. The van der Waals surface area contributed by atoms with Crippen molar-refractivity contribution in [3.63, 3.8) is 0 Å². The van der Waals surface area contributed by atoms with E-state index in [2.05, 4.69) is 9.97 Å². The van der Waals surface area contributed by atoms with Crippen molar-refractivity contribution in [2.24, 2.45) is 0 Å². The smallest absolute Gasteiger partial charge is 0.225 e. The fraction of sp³-hybridized carbons (Fsp3) is 0. The van der Waals surface area contributed by atoms with Gasteiger partial charge in [0.2, 0.25) is 11.8 Å². The van der Waals surface area contributed by atoms with Crippen molar-refractivity contribution in [3.8, 4) is 23.1 Å². The van der Waals surface area contributed by atoms with Crippen LogP contribution in [0.3, 0.4) is 0 Å². The summed E-state index contributed by atoms with van der Waals surface area (Å²) in [6.45, 7) is 0. The summed E-state index contributed by atoms with van der Waals surface area (Å²) in [7, 11) is 0. The average Bonchev–Trinajstić information content (AvgIpc) is 2.50. The maximum atomic E-state index is 12.9. The van der Waals surface area contributed by atoms with Gasteiger partial charge in [-0.25, -0.2) is 9.97 Å². The molecule has 3 rings (SSSR count). The molecule has 0 aliphatic carbocycles. The van der Waals surface area contributed by atoms with Crippen molar-refractivity contribution in [2.75, 3.05) is 0 Å². The highest BCUT2D eigenvalue weighted by atomic mass is 19.1. The van der Waals surface area contributed by atoms with Gasteiger partial charge in [-0.2, -0.15) is 4.39 Å². The van der Waals surface area contributed by atoms with E-state index in [4.69, 9.17) is 9.47 Å². The minimum absolute atomic E-state index is 0.152. The predicted octanol–water partition coefficient (Wildman–Crippen LogP) is 4.20. The number of hydrogen-bond donors (Lipinski definition) is 0. The maximum absolute atomic E-state index is 12.9. The first-order valence-corrected chi connectivity index (χ1v) is 6.28. The van der Waals surface area contributed by atoms with E-state index >= 15 is 0 Å². The Morgan fingerprint density at radius 1 is 0.714 bits per heavy atom. The van der Waals surface area contributed by atoms with Crippen LogP contribution in [0.25, 0.3) is 0 Å².